The lowest BCUT2D eigenvalue weighted by Gasteiger charge is -2.11. The molecule has 23 heavy (non-hydrogen) atoms. The second kappa shape index (κ2) is 5.43. The number of nitrogens with two attached hydrogens (primary N) is 1. The number of pyridine rings is 1. The maximum Gasteiger partial charge on any atom is 0.229 e. The predicted octanol–water partition coefficient (Wildman–Crippen LogP) is 2.22. The number of anilines is 2. The zero-order valence-corrected chi connectivity index (χ0v) is 12.8. The lowest BCUT2D eigenvalue weighted by Crippen LogP contribution is -2.10. The molecule has 3 rings (SSSR count). The quantitative estimate of drug-likeness (QED) is 0.712. The highest BCUT2D eigenvalue weighted by Crippen LogP contribution is 2.31. The summed E-state index contributed by atoms with van der Waals surface area (Å²) in [5, 5.41) is 4.04. The molecule has 7 nitrogen and oxygen atoms in total. The molecular weight excluding hydrogens is 323 g/mol. The standard InChI is InChI=1S/C14H13FN4O3S/c1-23(20,21)18-10-7-14(12-4-5-17-19(12)8-10)22-13-3-2-9(16)6-11(13)15/h2-8,18H,16H2,1H3. The van der Waals surface area contributed by atoms with Crippen LogP contribution in [0.4, 0.5) is 15.8 Å². The van der Waals surface area contributed by atoms with E-state index in [9.17, 15) is 12.8 Å². The van der Waals surface area contributed by atoms with Crippen molar-refractivity contribution in [1.29, 1.82) is 0 Å². The summed E-state index contributed by atoms with van der Waals surface area (Å²) >= 11 is 0. The van der Waals surface area contributed by atoms with Gasteiger partial charge >= 0.3 is 0 Å². The van der Waals surface area contributed by atoms with E-state index in [0.29, 0.717) is 5.52 Å². The maximum atomic E-state index is 13.9. The van der Waals surface area contributed by atoms with Crippen LogP contribution in [0, 0.1) is 5.82 Å². The zero-order chi connectivity index (χ0) is 16.6. The average Bonchev–Trinajstić information content (AvgIpc) is 2.88. The second-order valence-corrected chi connectivity index (χ2v) is 6.67. The van der Waals surface area contributed by atoms with Crippen LogP contribution in [0.25, 0.3) is 5.52 Å². The van der Waals surface area contributed by atoms with Crippen LogP contribution in [0.3, 0.4) is 0 Å². The summed E-state index contributed by atoms with van der Waals surface area (Å²) in [7, 11) is -3.47. The maximum absolute atomic E-state index is 13.9. The first-order chi connectivity index (χ1) is 10.8. The number of aromatic nitrogens is 2. The van der Waals surface area contributed by atoms with Gasteiger partial charge < -0.3 is 10.5 Å². The minimum absolute atomic E-state index is 0.0289. The Balaban J connectivity index is 2.06. The summed E-state index contributed by atoms with van der Waals surface area (Å²) in [4.78, 5) is 0. The summed E-state index contributed by atoms with van der Waals surface area (Å²) < 4.78 is 46.0. The van der Waals surface area contributed by atoms with Gasteiger partial charge in [0.1, 0.15) is 5.52 Å². The number of ether oxygens (including phenoxy) is 1. The van der Waals surface area contributed by atoms with E-state index < -0.39 is 15.8 Å². The average molecular weight is 336 g/mol. The van der Waals surface area contributed by atoms with Crippen LogP contribution in [0.1, 0.15) is 0 Å². The van der Waals surface area contributed by atoms with Crippen LogP contribution in [0.2, 0.25) is 0 Å². The molecule has 2 heterocycles. The Morgan fingerprint density at radius 1 is 1.26 bits per heavy atom. The van der Waals surface area contributed by atoms with Crippen molar-refractivity contribution >= 4 is 26.9 Å². The zero-order valence-electron chi connectivity index (χ0n) is 12.0. The van der Waals surface area contributed by atoms with Crippen molar-refractivity contribution in [3.8, 4) is 11.5 Å². The lowest BCUT2D eigenvalue weighted by atomic mass is 10.3. The molecule has 0 aliphatic rings. The number of nitrogens with one attached hydrogen (secondary N) is 1. The number of rotatable bonds is 4. The SMILES string of the molecule is CS(=O)(=O)Nc1cc(Oc2ccc(N)cc2F)c2ccnn2c1. The third-order valence-electron chi connectivity index (χ3n) is 2.95. The number of fused-ring (bicyclic) bond motifs is 1. The minimum atomic E-state index is -3.47. The van der Waals surface area contributed by atoms with Crippen molar-refractivity contribution in [3.05, 3.63) is 48.5 Å². The topological polar surface area (TPSA) is 98.7 Å². The Kier molecular flexibility index (Phi) is 3.57. The second-order valence-electron chi connectivity index (χ2n) is 4.92. The smallest absolute Gasteiger partial charge is 0.229 e. The molecule has 0 radical (unpaired) electrons. The highest BCUT2D eigenvalue weighted by Gasteiger charge is 2.12. The van der Waals surface area contributed by atoms with E-state index in [1.807, 2.05) is 0 Å². The van der Waals surface area contributed by atoms with E-state index in [2.05, 4.69) is 9.82 Å². The van der Waals surface area contributed by atoms with Crippen molar-refractivity contribution in [2.24, 2.45) is 0 Å². The number of benzene rings is 1. The van der Waals surface area contributed by atoms with Gasteiger partial charge in [-0.2, -0.15) is 5.10 Å². The molecule has 0 bridgehead atoms. The van der Waals surface area contributed by atoms with Crippen LogP contribution in [0.5, 0.6) is 11.5 Å². The number of nitrogen functional groups attached to an aromatic ring is 1. The number of hydrogen-bond acceptors (Lipinski definition) is 5. The molecule has 1 aromatic carbocycles. The van der Waals surface area contributed by atoms with Crippen LogP contribution >= 0.6 is 0 Å². The number of sulfonamides is 1. The van der Waals surface area contributed by atoms with Crippen molar-refractivity contribution < 1.29 is 17.5 Å². The first kappa shape index (κ1) is 15.1. The molecule has 0 aliphatic carbocycles. The normalized spacial score (nSPS) is 11.6. The van der Waals surface area contributed by atoms with E-state index in [-0.39, 0.29) is 22.9 Å². The largest absolute Gasteiger partial charge is 0.452 e. The van der Waals surface area contributed by atoms with Gasteiger partial charge in [0.15, 0.2) is 17.3 Å². The first-order valence-corrected chi connectivity index (χ1v) is 8.39. The Bertz CT molecular complexity index is 985. The van der Waals surface area contributed by atoms with Gasteiger partial charge in [-0.15, -0.1) is 0 Å². The highest BCUT2D eigenvalue weighted by molar-refractivity contribution is 7.92. The van der Waals surface area contributed by atoms with Gasteiger partial charge in [0.2, 0.25) is 10.0 Å². The molecule has 0 spiro atoms. The molecule has 9 heteroatoms. The summed E-state index contributed by atoms with van der Waals surface area (Å²) in [6, 6.07) is 7.16. The third-order valence-corrected chi connectivity index (χ3v) is 3.56. The van der Waals surface area contributed by atoms with Crippen LogP contribution in [-0.4, -0.2) is 24.3 Å². The monoisotopic (exact) mass is 336 g/mol. The van der Waals surface area contributed by atoms with Crippen LogP contribution < -0.4 is 15.2 Å². The lowest BCUT2D eigenvalue weighted by molar-refractivity contribution is 0.445. The Labute approximate surface area is 131 Å². The van der Waals surface area contributed by atoms with Crippen molar-refractivity contribution in [1.82, 2.24) is 9.61 Å². The molecule has 0 unspecified atom stereocenters. The van der Waals surface area contributed by atoms with Crippen molar-refractivity contribution in [2.45, 2.75) is 0 Å². The first-order valence-electron chi connectivity index (χ1n) is 6.50. The molecule has 0 aliphatic heterocycles. The fourth-order valence-corrected chi connectivity index (χ4v) is 2.61. The molecule has 0 fully saturated rings. The molecule has 0 atom stereocenters. The number of halogens is 1. The van der Waals surface area contributed by atoms with Gasteiger partial charge in [-0.05, 0) is 18.2 Å². The molecule has 3 N–H and O–H groups in total. The molecule has 120 valence electrons. The highest BCUT2D eigenvalue weighted by atomic mass is 32.2. The summed E-state index contributed by atoms with van der Waals surface area (Å²) in [5.41, 5.74) is 6.58. The van der Waals surface area contributed by atoms with Crippen LogP contribution in [-0.2, 0) is 10.0 Å². The van der Waals surface area contributed by atoms with Crippen molar-refractivity contribution in [2.75, 3.05) is 16.7 Å². The Hall–Kier alpha value is -2.81. The van der Waals surface area contributed by atoms with Gasteiger partial charge in [-0.3, -0.25) is 4.72 Å². The minimum Gasteiger partial charge on any atom is -0.452 e. The molecular formula is C14H13FN4O3S. The van der Waals surface area contributed by atoms with E-state index in [1.54, 1.807) is 6.07 Å². The van der Waals surface area contributed by atoms with Gasteiger partial charge in [0.25, 0.3) is 0 Å². The summed E-state index contributed by atoms with van der Waals surface area (Å²) in [6.07, 6.45) is 4.04. The fraction of sp³-hybridized carbons (Fsp3) is 0.0714. The molecule has 0 saturated carbocycles. The van der Waals surface area contributed by atoms with Crippen LogP contribution in [0.15, 0.2) is 42.7 Å². The summed E-state index contributed by atoms with van der Waals surface area (Å²) in [6.45, 7) is 0. The van der Waals surface area contributed by atoms with Gasteiger partial charge in [0.05, 0.1) is 24.3 Å². The third kappa shape index (κ3) is 3.34. The number of hydrogen-bond donors (Lipinski definition) is 2. The molecule has 3 aromatic rings. The van der Waals surface area contributed by atoms with E-state index >= 15 is 0 Å². The predicted molar refractivity (Wildman–Crippen MR) is 84.5 cm³/mol. The van der Waals surface area contributed by atoms with Gasteiger partial charge in [0, 0.05) is 17.8 Å². The summed E-state index contributed by atoms with van der Waals surface area (Å²) in [5.74, 6) is -0.400. The van der Waals surface area contributed by atoms with E-state index in [1.165, 1.54) is 35.1 Å². The molecule has 0 saturated heterocycles. The van der Waals surface area contributed by atoms with Crippen molar-refractivity contribution in [3.63, 3.8) is 0 Å². The van der Waals surface area contributed by atoms with Gasteiger partial charge in [-0.1, -0.05) is 0 Å². The fourth-order valence-electron chi connectivity index (χ4n) is 2.07. The number of nitrogens with zero attached hydrogens (tertiary/aromatic N) is 2. The molecule has 0 amide bonds. The Morgan fingerprint density at radius 2 is 2.04 bits per heavy atom. The van der Waals surface area contributed by atoms with E-state index in [0.717, 1.165) is 12.3 Å². The molecule has 2 aromatic heterocycles. The van der Waals surface area contributed by atoms with E-state index in [4.69, 9.17) is 10.5 Å². The van der Waals surface area contributed by atoms with Gasteiger partial charge in [-0.25, -0.2) is 17.3 Å². The Morgan fingerprint density at radius 3 is 2.74 bits per heavy atom.